The zero-order valence-electron chi connectivity index (χ0n) is 27.1. The van der Waals surface area contributed by atoms with E-state index in [1.807, 2.05) is 6.07 Å². The zero-order valence-corrected chi connectivity index (χ0v) is 28.6. The van der Waals surface area contributed by atoms with Gasteiger partial charge in [-0.15, -0.1) is 11.3 Å². The topological polar surface area (TPSA) is 126 Å². The first-order chi connectivity index (χ1) is 22.5. The Morgan fingerprint density at radius 1 is 1.09 bits per heavy atom. The van der Waals surface area contributed by atoms with Gasteiger partial charge in [0.05, 0.1) is 27.0 Å². The van der Waals surface area contributed by atoms with Crippen molar-refractivity contribution in [3.8, 4) is 0 Å². The molecule has 254 valence electrons. The van der Waals surface area contributed by atoms with Gasteiger partial charge in [-0.25, -0.2) is 4.79 Å². The molecule has 12 atom stereocenters. The van der Waals surface area contributed by atoms with Gasteiger partial charge in [-0.05, 0) is 61.9 Å². The van der Waals surface area contributed by atoms with Gasteiger partial charge in [0.1, 0.15) is 16.8 Å². The van der Waals surface area contributed by atoms with Crippen molar-refractivity contribution in [2.24, 2.45) is 35.0 Å². The van der Waals surface area contributed by atoms with Gasteiger partial charge in [0.15, 0.2) is 5.78 Å². The summed E-state index contributed by atoms with van der Waals surface area (Å²) in [4.78, 5) is 30.4. The van der Waals surface area contributed by atoms with Gasteiger partial charge in [-0.1, -0.05) is 36.7 Å². The Morgan fingerprint density at radius 3 is 2.55 bits per heavy atom. The maximum absolute atomic E-state index is 14.4. The predicted molar refractivity (Wildman–Crippen MR) is 175 cm³/mol. The molecule has 1 aromatic carbocycles. The van der Waals surface area contributed by atoms with Crippen LogP contribution in [0.4, 0.5) is 0 Å². The second-order valence-corrected chi connectivity index (χ2v) is 16.7. The van der Waals surface area contributed by atoms with E-state index < -0.39 is 34.3 Å². The minimum absolute atomic E-state index is 0.0417. The molecule has 1 saturated heterocycles. The number of esters is 1. The molecule has 9 nitrogen and oxygen atoms in total. The number of halogens is 1. The number of hydrogen-bond acceptors (Lipinski definition) is 10. The Bertz CT molecular complexity index is 1600. The Morgan fingerprint density at radius 2 is 1.87 bits per heavy atom. The monoisotopic (exact) mass is 685 g/mol. The third-order valence-electron chi connectivity index (χ3n) is 13.8. The fourth-order valence-electron chi connectivity index (χ4n) is 12.4. The van der Waals surface area contributed by atoms with Crippen molar-refractivity contribution in [1.82, 2.24) is 4.90 Å². The van der Waals surface area contributed by atoms with Crippen LogP contribution in [0.2, 0.25) is 4.34 Å². The number of carbonyl (C=O) groups excluding carboxylic acids is 2. The van der Waals surface area contributed by atoms with E-state index in [-0.39, 0.29) is 60.5 Å². The molecule has 3 N–H and O–H groups in total. The summed E-state index contributed by atoms with van der Waals surface area (Å²) in [5.74, 6) is -1.70. The van der Waals surface area contributed by atoms with E-state index in [0.717, 1.165) is 0 Å². The molecule has 7 bridgehead atoms. The van der Waals surface area contributed by atoms with Gasteiger partial charge in [0.2, 0.25) is 0 Å². The second kappa shape index (κ2) is 11.1. The van der Waals surface area contributed by atoms with Crippen molar-refractivity contribution >= 4 is 34.7 Å². The van der Waals surface area contributed by atoms with Crippen LogP contribution in [-0.4, -0.2) is 101 Å². The number of likely N-dealkylation sites (tertiary alicyclic amines) is 1. The van der Waals surface area contributed by atoms with Crippen LogP contribution in [0.25, 0.3) is 0 Å². The minimum Gasteiger partial charge on any atom is -0.454 e. The summed E-state index contributed by atoms with van der Waals surface area (Å²) in [6.07, 6.45) is 1.88. The van der Waals surface area contributed by atoms with E-state index in [2.05, 4.69) is 11.8 Å². The molecule has 6 aliphatic rings. The molecule has 6 fully saturated rings. The van der Waals surface area contributed by atoms with Crippen molar-refractivity contribution in [2.75, 3.05) is 33.9 Å². The fourth-order valence-corrected chi connectivity index (χ4v) is 13.4. The molecule has 0 radical (unpaired) electrons. The molecule has 5 aliphatic carbocycles. The minimum atomic E-state index is -1.52. The van der Waals surface area contributed by atoms with Crippen molar-refractivity contribution < 1.29 is 39.1 Å². The summed E-state index contributed by atoms with van der Waals surface area (Å²) in [7, 11) is 3.28. The van der Waals surface area contributed by atoms with Crippen molar-refractivity contribution in [3.05, 3.63) is 56.7 Å². The van der Waals surface area contributed by atoms with Crippen LogP contribution in [0.15, 0.2) is 36.4 Å². The van der Waals surface area contributed by atoms with Crippen LogP contribution in [0.1, 0.15) is 64.6 Å². The van der Waals surface area contributed by atoms with Gasteiger partial charge in [-0.3, -0.25) is 9.69 Å². The first-order valence-corrected chi connectivity index (χ1v) is 18.2. The van der Waals surface area contributed by atoms with Gasteiger partial charge in [-0.2, -0.15) is 0 Å². The summed E-state index contributed by atoms with van der Waals surface area (Å²) in [6.45, 7) is 3.25. The number of piperidine rings is 1. The third-order valence-corrected chi connectivity index (χ3v) is 15.1. The molecule has 1 aromatic heterocycles. The van der Waals surface area contributed by atoms with E-state index >= 15 is 0 Å². The highest BCUT2D eigenvalue weighted by molar-refractivity contribution is 7.18. The van der Waals surface area contributed by atoms with E-state index in [4.69, 9.17) is 25.8 Å². The molecule has 47 heavy (non-hydrogen) atoms. The molecule has 11 heteroatoms. The highest BCUT2D eigenvalue weighted by Gasteiger charge is 2.88. The molecular weight excluding hydrogens is 642 g/mol. The Kier molecular flexibility index (Phi) is 7.60. The summed E-state index contributed by atoms with van der Waals surface area (Å²) in [5, 5.41) is 36.9. The lowest BCUT2D eigenvalue weighted by atomic mass is 9.42. The summed E-state index contributed by atoms with van der Waals surface area (Å²) >= 11 is 7.31. The average molecular weight is 686 g/mol. The predicted octanol–water partition coefficient (Wildman–Crippen LogP) is 4.00. The number of ether oxygens (including phenoxy) is 3. The van der Waals surface area contributed by atoms with Crippen LogP contribution in [0.5, 0.6) is 0 Å². The fraction of sp³-hybridized carbons (Fsp3) is 0.667. The van der Waals surface area contributed by atoms with Crippen molar-refractivity contribution in [2.45, 2.75) is 80.5 Å². The number of aliphatic hydroxyl groups is 3. The largest absolute Gasteiger partial charge is 0.454 e. The molecule has 8 rings (SSSR count). The molecule has 1 spiro atoms. The first kappa shape index (κ1) is 32.3. The van der Waals surface area contributed by atoms with Gasteiger partial charge in [0, 0.05) is 75.3 Å². The molecule has 1 aliphatic heterocycles. The number of carbonyl (C=O) groups is 2. The Hall–Kier alpha value is -1.89. The highest BCUT2D eigenvalue weighted by Crippen LogP contribution is 2.80. The van der Waals surface area contributed by atoms with Gasteiger partial charge < -0.3 is 29.5 Å². The van der Waals surface area contributed by atoms with Crippen LogP contribution >= 0.6 is 22.9 Å². The molecule has 0 amide bonds. The molecular formula is C36H44ClNO8S. The van der Waals surface area contributed by atoms with E-state index in [1.54, 1.807) is 44.6 Å². The number of rotatable bonds is 9. The normalized spacial score (nSPS) is 44.4. The van der Waals surface area contributed by atoms with E-state index in [1.165, 1.54) is 11.3 Å². The summed E-state index contributed by atoms with van der Waals surface area (Å²) < 4.78 is 19.4. The van der Waals surface area contributed by atoms with Crippen LogP contribution in [0, 0.1) is 35.0 Å². The lowest BCUT2D eigenvalue weighted by Gasteiger charge is -2.71. The van der Waals surface area contributed by atoms with E-state index in [0.29, 0.717) is 65.5 Å². The van der Waals surface area contributed by atoms with Crippen LogP contribution in [0.3, 0.4) is 0 Å². The van der Waals surface area contributed by atoms with Crippen LogP contribution in [-0.2, 0) is 20.6 Å². The maximum atomic E-state index is 14.4. The number of thiophene rings is 1. The maximum Gasteiger partial charge on any atom is 0.339 e. The standard InChI is InChI=1S/C36H44ClNO8S/c1-4-38-18-33(46-32(41)21-8-6-5-7-19(21)13-24(40)26-9-10-29(37)47-26)12-11-20(17-39)35-27(33)15-23(30(35)38)34(42)16-25(44-2)22-14-28(35)36(34,43)31(22)45-3/h5-10,20,22-23,25,27-28,30-31,39,42-43H,4,11-18H2,1-3H3/t20-,22-,23+,25+,27?,28?,30?,31+,33-,34+,35+,36+/m1/s1. The van der Waals surface area contributed by atoms with Gasteiger partial charge in [0.25, 0.3) is 0 Å². The Labute approximate surface area is 284 Å². The lowest BCUT2D eigenvalue weighted by molar-refractivity contribution is -0.333. The van der Waals surface area contributed by atoms with E-state index in [9.17, 15) is 24.9 Å². The lowest BCUT2D eigenvalue weighted by Crippen LogP contribution is -2.82. The average Bonchev–Trinajstić information content (AvgIpc) is 3.70. The van der Waals surface area contributed by atoms with Gasteiger partial charge >= 0.3 is 5.97 Å². The number of Topliss-reactive ketones (excluding diaryl/α,β-unsaturated/α-hetero) is 1. The number of fused-ring (bicyclic) bond motifs is 2. The highest BCUT2D eigenvalue weighted by atomic mass is 35.5. The molecule has 5 saturated carbocycles. The molecule has 2 heterocycles. The quantitative estimate of drug-likeness (QED) is 0.265. The second-order valence-electron chi connectivity index (χ2n) is 15.0. The smallest absolute Gasteiger partial charge is 0.339 e. The number of likely N-dealkylation sites (N-methyl/N-ethyl adjacent to an activating group) is 1. The zero-order chi connectivity index (χ0) is 33.1. The van der Waals surface area contributed by atoms with Crippen molar-refractivity contribution in [3.63, 3.8) is 0 Å². The Balaban J connectivity index is 1.21. The summed E-state index contributed by atoms with van der Waals surface area (Å²) in [5.41, 5.74) is -3.53. The third kappa shape index (κ3) is 3.98. The number of aliphatic hydroxyl groups excluding tert-OH is 1. The first-order valence-electron chi connectivity index (χ1n) is 17.0. The summed E-state index contributed by atoms with van der Waals surface area (Å²) in [6, 6.07) is 10.4. The number of methoxy groups -OCH3 is 2. The van der Waals surface area contributed by atoms with Crippen molar-refractivity contribution in [1.29, 1.82) is 0 Å². The van der Waals surface area contributed by atoms with Crippen LogP contribution < -0.4 is 0 Å². The number of hydrogen-bond donors (Lipinski definition) is 3. The number of nitrogens with zero attached hydrogens (tertiary/aromatic N) is 1. The molecule has 2 aromatic rings. The SMILES string of the molecule is CCN1C[C@]2(OC(=O)c3ccccc3CC(=O)c3ccc(Cl)s3)CC[C@H](CO)[C@]34C1[C@H](CC23)[C@@]1(O)C[C@H](OC)[C@H]2CC4[C@]1(O)[C@H]2OC. The number of ketones is 1. The molecule has 3 unspecified atom stereocenters. The number of benzene rings is 1.